The molecule has 0 aliphatic rings. The van der Waals surface area contributed by atoms with Gasteiger partial charge in [0.2, 0.25) is 0 Å². The Morgan fingerprint density at radius 1 is 0.517 bits per heavy atom. The van der Waals surface area contributed by atoms with Gasteiger partial charge in [0.25, 0.3) is 7.82 Å². The molecular formula is C50H94NO8P. The van der Waals surface area contributed by atoms with Crippen LogP contribution in [0, 0.1) is 0 Å². The molecule has 0 spiro atoms. The molecule has 0 rings (SSSR count). The second-order valence-electron chi connectivity index (χ2n) is 17.8. The molecule has 10 heteroatoms. The monoisotopic (exact) mass is 868 g/mol. The van der Waals surface area contributed by atoms with Gasteiger partial charge in [0.05, 0.1) is 27.7 Å². The van der Waals surface area contributed by atoms with Crippen LogP contribution in [0.25, 0.3) is 0 Å². The fourth-order valence-electron chi connectivity index (χ4n) is 6.74. The maximum atomic E-state index is 12.7. The van der Waals surface area contributed by atoms with E-state index >= 15 is 0 Å². The fraction of sp³-hybridized carbons (Fsp3) is 0.840. The van der Waals surface area contributed by atoms with Crippen molar-refractivity contribution in [3.63, 3.8) is 0 Å². The molecule has 0 radical (unpaired) electrons. The van der Waals surface area contributed by atoms with Crippen molar-refractivity contribution in [2.24, 2.45) is 0 Å². The van der Waals surface area contributed by atoms with Crippen LogP contribution >= 0.6 is 7.82 Å². The first kappa shape index (κ1) is 58.2. The average molecular weight is 868 g/mol. The van der Waals surface area contributed by atoms with Gasteiger partial charge in [-0.2, -0.15) is 0 Å². The molecule has 0 aromatic heterocycles. The van der Waals surface area contributed by atoms with Crippen LogP contribution in [0.5, 0.6) is 0 Å². The summed E-state index contributed by atoms with van der Waals surface area (Å²) in [6, 6.07) is 0. The van der Waals surface area contributed by atoms with Gasteiger partial charge in [-0.1, -0.05) is 172 Å². The minimum absolute atomic E-state index is 0.0364. The number of phosphoric ester groups is 1. The van der Waals surface area contributed by atoms with Gasteiger partial charge in [0, 0.05) is 12.8 Å². The highest BCUT2D eigenvalue weighted by molar-refractivity contribution is 7.45. The number of unbranched alkanes of at least 4 members (excludes halogenated alkanes) is 25. The van der Waals surface area contributed by atoms with Gasteiger partial charge >= 0.3 is 11.9 Å². The number of nitrogens with zero attached hydrogens (tertiary/aromatic N) is 1. The van der Waals surface area contributed by atoms with Crippen molar-refractivity contribution in [3.8, 4) is 0 Å². The predicted molar refractivity (Wildman–Crippen MR) is 250 cm³/mol. The Labute approximate surface area is 370 Å². The van der Waals surface area contributed by atoms with E-state index in [1.807, 2.05) is 21.1 Å². The number of phosphoric acid groups is 1. The van der Waals surface area contributed by atoms with Gasteiger partial charge < -0.3 is 27.9 Å². The molecule has 60 heavy (non-hydrogen) atoms. The molecule has 0 aliphatic heterocycles. The van der Waals surface area contributed by atoms with Crippen LogP contribution in [0.3, 0.4) is 0 Å². The van der Waals surface area contributed by atoms with E-state index in [0.29, 0.717) is 17.4 Å². The maximum Gasteiger partial charge on any atom is 0.306 e. The van der Waals surface area contributed by atoms with Crippen LogP contribution in [0.2, 0.25) is 0 Å². The zero-order valence-corrected chi connectivity index (χ0v) is 40.6. The van der Waals surface area contributed by atoms with Crippen LogP contribution in [0.1, 0.15) is 219 Å². The summed E-state index contributed by atoms with van der Waals surface area (Å²) in [6.07, 6.45) is 48.9. The molecule has 0 aliphatic carbocycles. The second-order valence-corrected chi connectivity index (χ2v) is 19.2. The standard InChI is InChI=1S/C50H94NO8P/c1-6-8-10-12-14-16-18-20-22-23-24-25-26-27-29-30-32-34-36-38-40-42-49(52)56-46-48(47-58-60(54,55)57-45-44-51(3,4)5)59-50(53)43-41-39-37-35-33-31-28-21-19-17-15-13-11-9-7-2/h20-22,28,33,35,48H,6-19,23-27,29-32,34,36-47H2,1-5H3/b22-20+,28-21+,35-33+/t48-/m0/s1. The molecule has 0 bridgehead atoms. The molecule has 0 N–H and O–H groups in total. The Morgan fingerprint density at radius 2 is 0.900 bits per heavy atom. The molecule has 0 aromatic carbocycles. The highest BCUT2D eigenvalue weighted by Crippen LogP contribution is 2.38. The fourth-order valence-corrected chi connectivity index (χ4v) is 7.47. The van der Waals surface area contributed by atoms with Gasteiger partial charge in [-0.05, 0) is 70.6 Å². The molecule has 0 aromatic rings. The molecular weight excluding hydrogens is 774 g/mol. The van der Waals surface area contributed by atoms with Crippen LogP contribution in [0.15, 0.2) is 36.5 Å². The van der Waals surface area contributed by atoms with Crippen molar-refractivity contribution in [1.82, 2.24) is 0 Å². The zero-order valence-electron chi connectivity index (χ0n) is 39.7. The molecule has 0 saturated heterocycles. The summed E-state index contributed by atoms with van der Waals surface area (Å²) in [6.45, 7) is 4.20. The molecule has 352 valence electrons. The number of hydrogen-bond donors (Lipinski definition) is 0. The second kappa shape index (κ2) is 42.5. The van der Waals surface area contributed by atoms with Gasteiger partial charge in [-0.3, -0.25) is 14.2 Å². The number of allylic oxidation sites excluding steroid dienone is 6. The van der Waals surface area contributed by atoms with Crippen molar-refractivity contribution in [1.29, 1.82) is 0 Å². The van der Waals surface area contributed by atoms with Gasteiger partial charge in [0.15, 0.2) is 6.10 Å². The lowest BCUT2D eigenvalue weighted by atomic mass is 10.0. The number of esters is 2. The lowest BCUT2D eigenvalue weighted by Gasteiger charge is -2.28. The Kier molecular flexibility index (Phi) is 41.3. The van der Waals surface area contributed by atoms with E-state index in [1.54, 1.807) is 0 Å². The van der Waals surface area contributed by atoms with E-state index in [-0.39, 0.29) is 26.1 Å². The topological polar surface area (TPSA) is 111 Å². The number of quaternary nitrogens is 1. The summed E-state index contributed by atoms with van der Waals surface area (Å²) in [5, 5.41) is 0. The highest BCUT2D eigenvalue weighted by Gasteiger charge is 2.21. The Hall–Kier alpha value is -1.77. The predicted octanol–water partition coefficient (Wildman–Crippen LogP) is 13.8. The molecule has 0 fully saturated rings. The van der Waals surface area contributed by atoms with Gasteiger partial charge in [-0.25, -0.2) is 0 Å². The molecule has 0 amide bonds. The zero-order chi connectivity index (χ0) is 44.3. The molecule has 1 unspecified atom stereocenters. The summed E-state index contributed by atoms with van der Waals surface area (Å²) in [7, 11) is 1.15. The van der Waals surface area contributed by atoms with E-state index in [2.05, 4.69) is 50.3 Å². The molecule has 0 saturated carbocycles. The number of likely N-dealkylation sites (N-methyl/N-ethyl adjacent to an activating group) is 1. The summed E-state index contributed by atoms with van der Waals surface area (Å²) in [5.74, 6) is -0.868. The average Bonchev–Trinajstić information content (AvgIpc) is 3.20. The number of hydrogen-bond acceptors (Lipinski definition) is 8. The van der Waals surface area contributed by atoms with Crippen molar-refractivity contribution in [3.05, 3.63) is 36.5 Å². The first-order chi connectivity index (χ1) is 29.0. The number of rotatable bonds is 45. The van der Waals surface area contributed by atoms with Crippen LogP contribution in [-0.2, 0) is 32.7 Å². The Bertz CT molecular complexity index is 1120. The van der Waals surface area contributed by atoms with E-state index in [9.17, 15) is 19.0 Å². The quantitative estimate of drug-likeness (QED) is 0.0196. The first-order valence-corrected chi connectivity index (χ1v) is 26.2. The third-order valence-electron chi connectivity index (χ3n) is 10.6. The Morgan fingerprint density at radius 3 is 1.37 bits per heavy atom. The van der Waals surface area contributed by atoms with Crippen LogP contribution < -0.4 is 4.89 Å². The van der Waals surface area contributed by atoms with Gasteiger partial charge in [-0.15, -0.1) is 0 Å². The van der Waals surface area contributed by atoms with Crippen LogP contribution in [0.4, 0.5) is 0 Å². The van der Waals surface area contributed by atoms with Crippen molar-refractivity contribution in [2.75, 3.05) is 47.5 Å². The summed E-state index contributed by atoms with van der Waals surface area (Å²) >= 11 is 0. The van der Waals surface area contributed by atoms with Gasteiger partial charge in [0.1, 0.15) is 19.8 Å². The first-order valence-electron chi connectivity index (χ1n) is 24.7. The molecule has 2 atom stereocenters. The highest BCUT2D eigenvalue weighted by atomic mass is 31.2. The van der Waals surface area contributed by atoms with Crippen molar-refractivity contribution >= 4 is 19.8 Å². The minimum atomic E-state index is -4.63. The number of carbonyl (C=O) groups is 2. The summed E-state index contributed by atoms with van der Waals surface area (Å²) in [5.41, 5.74) is 0. The van der Waals surface area contributed by atoms with Crippen molar-refractivity contribution < 1.29 is 42.1 Å². The smallest absolute Gasteiger partial charge is 0.306 e. The minimum Gasteiger partial charge on any atom is -0.756 e. The lowest BCUT2D eigenvalue weighted by Crippen LogP contribution is -2.37. The van der Waals surface area contributed by atoms with Crippen molar-refractivity contribution in [2.45, 2.75) is 225 Å². The van der Waals surface area contributed by atoms with E-state index < -0.39 is 32.5 Å². The number of carbonyl (C=O) groups excluding carboxylic acids is 2. The normalized spacial score (nSPS) is 13.8. The third-order valence-corrected chi connectivity index (χ3v) is 11.6. The molecule has 0 heterocycles. The largest absolute Gasteiger partial charge is 0.756 e. The summed E-state index contributed by atoms with van der Waals surface area (Å²) < 4.78 is 33.9. The lowest BCUT2D eigenvalue weighted by molar-refractivity contribution is -0.870. The van der Waals surface area contributed by atoms with E-state index in [1.165, 1.54) is 141 Å². The van der Waals surface area contributed by atoms with E-state index in [0.717, 1.165) is 44.9 Å². The molecule has 9 nitrogen and oxygen atoms in total. The number of ether oxygens (including phenoxy) is 2. The third kappa shape index (κ3) is 45.7. The van der Waals surface area contributed by atoms with Crippen LogP contribution in [-0.4, -0.2) is 70.0 Å². The summed E-state index contributed by atoms with van der Waals surface area (Å²) in [4.78, 5) is 37.6. The maximum absolute atomic E-state index is 12.7. The Balaban J connectivity index is 4.28. The van der Waals surface area contributed by atoms with E-state index in [4.69, 9.17) is 18.5 Å². The SMILES string of the molecule is CCCCCCCC/C=C/C/C=C/CCCCC(=O)O[C@@H](COC(=O)CCCCCCCCCCCCC/C=C/CCCCCCCC)COP(=O)([O-])OCC[N+](C)(C)C.